The first-order valence-electron chi connectivity index (χ1n) is 4.13. The Hall–Kier alpha value is -0.300. The molecule has 0 aromatic carbocycles. The first-order valence-corrected chi connectivity index (χ1v) is 4.13. The van der Waals surface area contributed by atoms with Gasteiger partial charge in [0.1, 0.15) is 0 Å². The van der Waals surface area contributed by atoms with E-state index in [1.807, 2.05) is 7.05 Å². The first kappa shape index (κ1) is 9.70. The third-order valence-corrected chi connectivity index (χ3v) is 1.82. The van der Waals surface area contributed by atoms with Crippen molar-refractivity contribution in [2.24, 2.45) is 0 Å². The van der Waals surface area contributed by atoms with E-state index in [2.05, 4.69) is 31.3 Å². The zero-order chi connectivity index (χ0) is 7.82. The van der Waals surface area contributed by atoms with Crippen molar-refractivity contribution in [3.05, 3.63) is 12.2 Å². The molecule has 1 atom stereocenters. The molecule has 0 spiro atoms. The van der Waals surface area contributed by atoms with E-state index in [0.717, 1.165) is 0 Å². The molecule has 0 rings (SSSR count). The molecular weight excluding hydrogens is 122 g/mol. The Bertz CT molecular complexity index is 82.7. The number of hydrogen-bond acceptors (Lipinski definition) is 1. The Morgan fingerprint density at radius 3 is 2.60 bits per heavy atom. The predicted octanol–water partition coefficient (Wildman–Crippen LogP) is 2.34. The van der Waals surface area contributed by atoms with E-state index in [1.165, 1.54) is 19.3 Å². The number of rotatable bonds is 5. The number of nitrogens with one attached hydrogen (secondary N) is 1. The van der Waals surface area contributed by atoms with E-state index >= 15 is 0 Å². The average molecular weight is 141 g/mol. The fourth-order valence-electron chi connectivity index (χ4n) is 1.02. The molecule has 0 aliphatic heterocycles. The summed E-state index contributed by atoms with van der Waals surface area (Å²) in [6.07, 6.45) is 8.03. The molecular formula is C9H19N. The second kappa shape index (κ2) is 6.81. The fourth-order valence-corrected chi connectivity index (χ4v) is 1.02. The van der Waals surface area contributed by atoms with Crippen LogP contribution in [0.1, 0.15) is 33.1 Å². The Labute approximate surface area is 64.5 Å². The van der Waals surface area contributed by atoms with Crippen LogP contribution >= 0.6 is 0 Å². The largest absolute Gasteiger partial charge is 0.317 e. The van der Waals surface area contributed by atoms with Crippen LogP contribution < -0.4 is 5.32 Å². The maximum Gasteiger partial charge on any atom is 0.00643 e. The average Bonchev–Trinajstić information content (AvgIpc) is 1.99. The minimum absolute atomic E-state index is 0.705. The van der Waals surface area contributed by atoms with Crippen LogP contribution in [0.15, 0.2) is 12.2 Å². The fraction of sp³-hybridized carbons (Fsp3) is 0.778. The third-order valence-electron chi connectivity index (χ3n) is 1.82. The lowest BCUT2D eigenvalue weighted by atomic mass is 10.1. The highest BCUT2D eigenvalue weighted by Crippen LogP contribution is 2.00. The molecule has 10 heavy (non-hydrogen) atoms. The van der Waals surface area contributed by atoms with Crippen molar-refractivity contribution >= 4 is 0 Å². The van der Waals surface area contributed by atoms with Gasteiger partial charge in [0.15, 0.2) is 0 Å². The van der Waals surface area contributed by atoms with Gasteiger partial charge >= 0.3 is 0 Å². The molecule has 0 heterocycles. The second-order valence-corrected chi connectivity index (χ2v) is 2.54. The Balaban J connectivity index is 3.25. The van der Waals surface area contributed by atoms with Crippen LogP contribution in [0.2, 0.25) is 0 Å². The zero-order valence-corrected chi connectivity index (χ0v) is 7.35. The smallest absolute Gasteiger partial charge is 0.00643 e. The summed E-state index contributed by atoms with van der Waals surface area (Å²) in [7, 11) is 2.03. The summed E-state index contributed by atoms with van der Waals surface area (Å²) < 4.78 is 0. The maximum absolute atomic E-state index is 3.28. The van der Waals surface area contributed by atoms with E-state index in [-0.39, 0.29) is 0 Å². The lowest BCUT2D eigenvalue weighted by Gasteiger charge is -2.11. The van der Waals surface area contributed by atoms with Crippen LogP contribution in [0.4, 0.5) is 0 Å². The van der Waals surface area contributed by atoms with Crippen molar-refractivity contribution in [1.82, 2.24) is 5.32 Å². The van der Waals surface area contributed by atoms with Gasteiger partial charge in [-0.1, -0.05) is 19.1 Å². The van der Waals surface area contributed by atoms with Crippen molar-refractivity contribution in [2.75, 3.05) is 7.05 Å². The zero-order valence-electron chi connectivity index (χ0n) is 7.35. The first-order chi connectivity index (χ1) is 4.85. The third kappa shape index (κ3) is 4.57. The van der Waals surface area contributed by atoms with Crippen molar-refractivity contribution < 1.29 is 0 Å². The van der Waals surface area contributed by atoms with Crippen LogP contribution in [0.25, 0.3) is 0 Å². The summed E-state index contributed by atoms with van der Waals surface area (Å²) in [6.45, 7) is 4.29. The number of hydrogen-bond donors (Lipinski definition) is 1. The van der Waals surface area contributed by atoms with Crippen LogP contribution in [-0.4, -0.2) is 13.1 Å². The van der Waals surface area contributed by atoms with Gasteiger partial charge < -0.3 is 5.32 Å². The van der Waals surface area contributed by atoms with Crippen molar-refractivity contribution in [2.45, 2.75) is 39.2 Å². The normalized spacial score (nSPS) is 14.3. The minimum atomic E-state index is 0.705. The quantitative estimate of drug-likeness (QED) is 0.579. The highest BCUT2D eigenvalue weighted by molar-refractivity contribution is 4.78. The SMILES string of the molecule is C/C=C\CCC(CC)NC. The van der Waals surface area contributed by atoms with E-state index in [0.29, 0.717) is 6.04 Å². The van der Waals surface area contributed by atoms with Crippen LogP contribution in [0, 0.1) is 0 Å². The summed E-state index contributed by atoms with van der Waals surface area (Å²) in [6, 6.07) is 0.705. The lowest BCUT2D eigenvalue weighted by Crippen LogP contribution is -2.23. The Kier molecular flexibility index (Phi) is 6.61. The van der Waals surface area contributed by atoms with Crippen LogP contribution in [-0.2, 0) is 0 Å². The molecule has 0 saturated carbocycles. The van der Waals surface area contributed by atoms with Gasteiger partial charge in [-0.15, -0.1) is 0 Å². The molecule has 0 radical (unpaired) electrons. The summed E-state index contributed by atoms with van der Waals surface area (Å²) in [4.78, 5) is 0. The standard InChI is InChI=1S/C9H19N/c1-4-6-7-8-9(5-2)10-3/h4,6,9-10H,5,7-8H2,1-3H3/b6-4-. The summed E-state index contributed by atoms with van der Waals surface area (Å²) in [5.74, 6) is 0. The van der Waals surface area contributed by atoms with E-state index < -0.39 is 0 Å². The van der Waals surface area contributed by atoms with Gasteiger partial charge in [-0.3, -0.25) is 0 Å². The minimum Gasteiger partial charge on any atom is -0.317 e. The molecule has 0 aromatic rings. The van der Waals surface area contributed by atoms with E-state index in [9.17, 15) is 0 Å². The van der Waals surface area contributed by atoms with Crippen molar-refractivity contribution in [3.63, 3.8) is 0 Å². The van der Waals surface area contributed by atoms with Crippen molar-refractivity contribution in [1.29, 1.82) is 0 Å². The van der Waals surface area contributed by atoms with E-state index in [4.69, 9.17) is 0 Å². The maximum atomic E-state index is 3.28. The summed E-state index contributed by atoms with van der Waals surface area (Å²) in [5, 5.41) is 3.28. The molecule has 1 heteroatoms. The van der Waals surface area contributed by atoms with Gasteiger partial charge in [0.05, 0.1) is 0 Å². The number of allylic oxidation sites excluding steroid dienone is 2. The molecule has 0 fully saturated rings. The highest BCUT2D eigenvalue weighted by Gasteiger charge is 1.98. The molecule has 1 unspecified atom stereocenters. The monoisotopic (exact) mass is 141 g/mol. The van der Waals surface area contributed by atoms with Gasteiger partial charge in [-0.25, -0.2) is 0 Å². The molecule has 0 bridgehead atoms. The molecule has 1 nitrogen and oxygen atoms in total. The van der Waals surface area contributed by atoms with Gasteiger partial charge in [-0.2, -0.15) is 0 Å². The molecule has 60 valence electrons. The molecule has 0 aromatic heterocycles. The second-order valence-electron chi connectivity index (χ2n) is 2.54. The topological polar surface area (TPSA) is 12.0 Å². The molecule has 0 amide bonds. The molecule has 0 aliphatic carbocycles. The Morgan fingerprint density at radius 2 is 2.20 bits per heavy atom. The summed E-state index contributed by atoms with van der Waals surface area (Å²) in [5.41, 5.74) is 0. The molecule has 0 aliphatic rings. The lowest BCUT2D eigenvalue weighted by molar-refractivity contribution is 0.513. The van der Waals surface area contributed by atoms with E-state index in [1.54, 1.807) is 0 Å². The van der Waals surface area contributed by atoms with Crippen LogP contribution in [0.3, 0.4) is 0 Å². The molecule has 1 N–H and O–H groups in total. The van der Waals surface area contributed by atoms with Gasteiger partial charge in [0.2, 0.25) is 0 Å². The Morgan fingerprint density at radius 1 is 1.50 bits per heavy atom. The summed E-state index contributed by atoms with van der Waals surface area (Å²) >= 11 is 0. The predicted molar refractivity (Wildman–Crippen MR) is 47.2 cm³/mol. The van der Waals surface area contributed by atoms with Gasteiger partial charge in [0, 0.05) is 6.04 Å². The molecule has 0 saturated heterocycles. The van der Waals surface area contributed by atoms with Gasteiger partial charge in [0.25, 0.3) is 0 Å². The van der Waals surface area contributed by atoms with Gasteiger partial charge in [-0.05, 0) is 33.2 Å². The van der Waals surface area contributed by atoms with Crippen molar-refractivity contribution in [3.8, 4) is 0 Å². The van der Waals surface area contributed by atoms with Crippen LogP contribution in [0.5, 0.6) is 0 Å². The highest BCUT2D eigenvalue weighted by atomic mass is 14.9.